The number of carbonyl (C=O) groups excluding carboxylic acids is 2. The minimum absolute atomic E-state index is 0.0374. The smallest absolute Gasteiger partial charge is 0.381 e. The molecule has 0 bridgehead atoms. The number of hydrogen-bond acceptors (Lipinski definition) is 6. The second-order valence-corrected chi connectivity index (χ2v) is 5.41. The van der Waals surface area contributed by atoms with Gasteiger partial charge in [-0.15, -0.1) is 11.3 Å². The number of rotatable bonds is 5. The van der Waals surface area contributed by atoms with Crippen molar-refractivity contribution in [2.24, 2.45) is 0 Å². The van der Waals surface area contributed by atoms with Crippen LogP contribution in [0.15, 0.2) is 29.6 Å². The van der Waals surface area contributed by atoms with Crippen molar-refractivity contribution in [3.63, 3.8) is 0 Å². The van der Waals surface area contributed by atoms with Crippen LogP contribution in [0.3, 0.4) is 0 Å². The summed E-state index contributed by atoms with van der Waals surface area (Å²) in [7, 11) is 0. The lowest BCUT2D eigenvalue weighted by Gasteiger charge is -2.08. The minimum Gasteiger partial charge on any atom is -0.460 e. The van der Waals surface area contributed by atoms with Crippen molar-refractivity contribution < 1.29 is 18.7 Å². The van der Waals surface area contributed by atoms with Crippen LogP contribution in [0.25, 0.3) is 0 Å². The van der Waals surface area contributed by atoms with Gasteiger partial charge in [-0.25, -0.2) is 14.2 Å². The minimum atomic E-state index is -0.962. The van der Waals surface area contributed by atoms with E-state index in [0.717, 1.165) is 11.3 Å². The number of carbonyl (C=O) groups is 2. The number of nitrogens with one attached hydrogen (secondary N) is 2. The quantitative estimate of drug-likeness (QED) is 0.370. The standard InChI is InChI=1S/C14H12FN3O3S2/c1-2-21-12(20)11(19)10-7-23-14(17-10)18-13(22)16-9-6-4-3-5-8(9)15/h3-7H,2H2,1H3,(H2,16,17,18,22). The topological polar surface area (TPSA) is 80.3 Å². The molecule has 120 valence electrons. The van der Waals surface area contributed by atoms with Crippen molar-refractivity contribution in [2.75, 3.05) is 17.2 Å². The molecule has 6 nitrogen and oxygen atoms in total. The van der Waals surface area contributed by atoms with Crippen molar-refractivity contribution in [3.05, 3.63) is 41.2 Å². The van der Waals surface area contributed by atoms with Gasteiger partial charge in [0, 0.05) is 5.38 Å². The van der Waals surface area contributed by atoms with Crippen LogP contribution in [0, 0.1) is 5.82 Å². The van der Waals surface area contributed by atoms with Gasteiger partial charge >= 0.3 is 5.97 Å². The average molecular weight is 353 g/mol. The van der Waals surface area contributed by atoms with E-state index in [1.165, 1.54) is 17.5 Å². The van der Waals surface area contributed by atoms with Crippen LogP contribution in [-0.4, -0.2) is 28.5 Å². The third-order valence-electron chi connectivity index (χ3n) is 2.54. The van der Waals surface area contributed by atoms with Crippen molar-refractivity contribution in [1.29, 1.82) is 0 Å². The number of nitrogens with zero attached hydrogens (tertiary/aromatic N) is 1. The van der Waals surface area contributed by atoms with Crippen molar-refractivity contribution in [3.8, 4) is 0 Å². The highest BCUT2D eigenvalue weighted by molar-refractivity contribution is 7.80. The number of esters is 1. The van der Waals surface area contributed by atoms with Crippen LogP contribution >= 0.6 is 23.6 Å². The van der Waals surface area contributed by atoms with E-state index in [1.54, 1.807) is 19.1 Å². The lowest BCUT2D eigenvalue weighted by molar-refractivity contribution is -0.137. The van der Waals surface area contributed by atoms with Crippen molar-refractivity contribution in [2.45, 2.75) is 6.92 Å². The summed E-state index contributed by atoms with van der Waals surface area (Å²) >= 11 is 6.13. The number of thiocarbonyl (C=S) groups is 1. The fraction of sp³-hybridized carbons (Fsp3) is 0.143. The zero-order valence-electron chi connectivity index (χ0n) is 12.0. The first-order valence-corrected chi connectivity index (χ1v) is 7.79. The van der Waals surface area contributed by atoms with E-state index in [2.05, 4.69) is 20.4 Å². The number of benzene rings is 1. The summed E-state index contributed by atoms with van der Waals surface area (Å²) in [4.78, 5) is 27.0. The first-order chi connectivity index (χ1) is 11.0. The molecular formula is C14H12FN3O3S2. The molecule has 0 aliphatic rings. The van der Waals surface area contributed by atoms with Crippen LogP contribution in [0.2, 0.25) is 0 Å². The van der Waals surface area contributed by atoms with Gasteiger partial charge in [0.1, 0.15) is 11.5 Å². The molecule has 9 heteroatoms. The molecule has 0 aliphatic carbocycles. The maximum absolute atomic E-state index is 13.5. The monoisotopic (exact) mass is 353 g/mol. The van der Waals surface area contributed by atoms with Crippen LogP contribution in [0.1, 0.15) is 17.4 Å². The number of thiazole rings is 1. The van der Waals surface area contributed by atoms with E-state index < -0.39 is 17.6 Å². The number of ketones is 1. The van der Waals surface area contributed by atoms with Gasteiger partial charge in [0.25, 0.3) is 5.78 Å². The number of para-hydroxylation sites is 1. The Morgan fingerprint density at radius 2 is 2.09 bits per heavy atom. The molecule has 1 aromatic carbocycles. The molecule has 0 saturated carbocycles. The number of Topliss-reactive ketones (excluding diaryl/α,β-unsaturated/α-hetero) is 1. The summed E-state index contributed by atoms with van der Waals surface area (Å²) in [6.45, 7) is 1.71. The summed E-state index contributed by atoms with van der Waals surface area (Å²) < 4.78 is 18.1. The third-order valence-corrected chi connectivity index (χ3v) is 3.50. The highest BCUT2D eigenvalue weighted by Crippen LogP contribution is 2.18. The maximum Gasteiger partial charge on any atom is 0.381 e. The predicted molar refractivity (Wildman–Crippen MR) is 89.3 cm³/mol. The number of hydrogen-bond donors (Lipinski definition) is 2. The molecule has 0 unspecified atom stereocenters. The van der Waals surface area contributed by atoms with E-state index >= 15 is 0 Å². The predicted octanol–water partition coefficient (Wildman–Crippen LogP) is 2.84. The van der Waals surface area contributed by atoms with E-state index in [-0.39, 0.29) is 23.1 Å². The summed E-state index contributed by atoms with van der Waals surface area (Å²) in [6, 6.07) is 6.05. The van der Waals surface area contributed by atoms with Crippen molar-refractivity contribution in [1.82, 2.24) is 4.98 Å². The summed E-state index contributed by atoms with van der Waals surface area (Å²) in [6.07, 6.45) is 0. The molecule has 0 aliphatic heterocycles. The normalized spacial score (nSPS) is 10.0. The van der Waals surface area contributed by atoms with E-state index in [9.17, 15) is 14.0 Å². The molecule has 23 heavy (non-hydrogen) atoms. The molecule has 2 aromatic rings. The highest BCUT2D eigenvalue weighted by Gasteiger charge is 2.20. The van der Waals surface area contributed by atoms with Gasteiger partial charge in [-0.3, -0.25) is 4.79 Å². The molecule has 0 radical (unpaired) electrons. The van der Waals surface area contributed by atoms with Gasteiger partial charge in [-0.1, -0.05) is 12.1 Å². The number of aromatic nitrogens is 1. The Bertz CT molecular complexity index is 748. The molecule has 0 amide bonds. The number of halogens is 1. The molecular weight excluding hydrogens is 341 g/mol. The van der Waals surface area contributed by atoms with Gasteiger partial charge in [0.05, 0.1) is 12.3 Å². The number of ether oxygens (including phenoxy) is 1. The Labute approximate surface area is 140 Å². The molecule has 0 fully saturated rings. The molecule has 2 rings (SSSR count). The van der Waals surface area contributed by atoms with Crippen LogP contribution in [0.4, 0.5) is 15.2 Å². The van der Waals surface area contributed by atoms with E-state index in [4.69, 9.17) is 12.2 Å². The fourth-order valence-corrected chi connectivity index (χ4v) is 2.52. The van der Waals surface area contributed by atoms with Gasteiger partial charge < -0.3 is 15.4 Å². The maximum atomic E-state index is 13.5. The van der Waals surface area contributed by atoms with Gasteiger partial charge in [0.2, 0.25) is 0 Å². The first-order valence-electron chi connectivity index (χ1n) is 6.50. The Morgan fingerprint density at radius 1 is 1.35 bits per heavy atom. The fourth-order valence-electron chi connectivity index (χ4n) is 1.55. The molecule has 2 N–H and O–H groups in total. The second kappa shape index (κ2) is 7.75. The largest absolute Gasteiger partial charge is 0.460 e. The first kappa shape index (κ1) is 17.0. The molecule has 0 atom stereocenters. The van der Waals surface area contributed by atoms with Gasteiger partial charge in [0.15, 0.2) is 10.2 Å². The molecule has 1 heterocycles. The van der Waals surface area contributed by atoms with Crippen LogP contribution < -0.4 is 10.6 Å². The lowest BCUT2D eigenvalue weighted by Crippen LogP contribution is -2.20. The van der Waals surface area contributed by atoms with E-state index in [0.29, 0.717) is 5.13 Å². The second-order valence-electron chi connectivity index (χ2n) is 4.15. The average Bonchev–Trinajstić information content (AvgIpc) is 2.97. The van der Waals surface area contributed by atoms with E-state index in [1.807, 2.05) is 0 Å². The lowest BCUT2D eigenvalue weighted by atomic mass is 10.3. The Hall–Kier alpha value is -2.39. The molecule has 1 aromatic heterocycles. The van der Waals surface area contributed by atoms with Gasteiger partial charge in [-0.05, 0) is 31.3 Å². The van der Waals surface area contributed by atoms with Crippen LogP contribution in [-0.2, 0) is 9.53 Å². The zero-order valence-corrected chi connectivity index (χ0v) is 13.6. The van der Waals surface area contributed by atoms with Crippen molar-refractivity contribution >= 4 is 51.2 Å². The summed E-state index contributed by atoms with van der Waals surface area (Å²) in [5, 5.41) is 7.21. The third kappa shape index (κ3) is 4.54. The zero-order chi connectivity index (χ0) is 16.8. The number of anilines is 2. The summed E-state index contributed by atoms with van der Waals surface area (Å²) in [5.41, 5.74) is 0.175. The Morgan fingerprint density at radius 3 is 2.78 bits per heavy atom. The SMILES string of the molecule is CCOC(=O)C(=O)c1csc(NC(=S)Nc2ccccc2F)n1. The summed E-state index contributed by atoms with van der Waals surface area (Å²) in [5.74, 6) is -2.24. The Kier molecular flexibility index (Phi) is 5.72. The van der Waals surface area contributed by atoms with Gasteiger partial charge in [-0.2, -0.15) is 0 Å². The highest BCUT2D eigenvalue weighted by atomic mass is 32.1. The molecule has 0 spiro atoms. The molecule has 0 saturated heterocycles. The van der Waals surface area contributed by atoms with Crippen LogP contribution in [0.5, 0.6) is 0 Å². The Balaban J connectivity index is 1.99.